The van der Waals surface area contributed by atoms with Crippen LogP contribution in [0.4, 0.5) is 0 Å². The van der Waals surface area contributed by atoms with Gasteiger partial charge in [-0.3, -0.25) is 4.79 Å². The molecule has 4 nitrogen and oxygen atoms in total. The average molecular weight is 394 g/mol. The summed E-state index contributed by atoms with van der Waals surface area (Å²) in [4.78, 5) is 11.0. The summed E-state index contributed by atoms with van der Waals surface area (Å²) in [5.41, 5.74) is 11.2. The molecule has 3 aromatic carbocycles. The summed E-state index contributed by atoms with van der Waals surface area (Å²) in [5, 5.41) is 8.99. The van der Waals surface area contributed by atoms with Gasteiger partial charge in [0.2, 0.25) is 0 Å². The van der Waals surface area contributed by atoms with Crippen molar-refractivity contribution < 1.29 is 14.6 Å². The van der Waals surface area contributed by atoms with Crippen LogP contribution < -0.4 is 10.5 Å². The molecule has 0 bridgehead atoms. The Balaban J connectivity index is 1.98. The van der Waals surface area contributed by atoms with Gasteiger partial charge in [-0.05, 0) is 39.9 Å². The number of rotatable bonds is 8. The van der Waals surface area contributed by atoms with Gasteiger partial charge in [0.05, 0.1) is 7.11 Å². The lowest BCUT2D eigenvalue weighted by Crippen LogP contribution is -2.32. The number of carboxylic acid groups (broad SMARTS) is 1. The van der Waals surface area contributed by atoms with Crippen molar-refractivity contribution in [2.45, 2.75) is 11.8 Å². The van der Waals surface area contributed by atoms with Crippen LogP contribution in [0.25, 0.3) is 22.3 Å². The molecule has 0 amide bonds. The molecule has 0 aliphatic heterocycles. The Morgan fingerprint density at radius 2 is 1.68 bits per heavy atom. The van der Waals surface area contributed by atoms with Crippen LogP contribution in [0, 0.1) is 0 Å². The molecule has 3 N–H and O–H groups in total. The molecular formula is C23H23NO3S. The smallest absolute Gasteiger partial charge is 0.321 e. The standard InChI is InChI=1S/C23H23NO3S/c1-27-18-12-11-17(14-28-15-22(24)23(25)26)21(13-18)20-10-6-5-9-19(20)16-7-3-2-4-8-16/h2-13,22H,14-15,24H2,1H3,(H,25,26). The summed E-state index contributed by atoms with van der Waals surface area (Å²) < 4.78 is 5.45. The zero-order chi connectivity index (χ0) is 19.9. The minimum absolute atomic E-state index is 0.362. The molecule has 3 aromatic rings. The van der Waals surface area contributed by atoms with Crippen molar-refractivity contribution in [3.8, 4) is 28.0 Å². The molecule has 0 aliphatic carbocycles. The Morgan fingerprint density at radius 3 is 2.36 bits per heavy atom. The lowest BCUT2D eigenvalue weighted by atomic mass is 9.92. The Labute approximate surface area is 169 Å². The van der Waals surface area contributed by atoms with E-state index in [4.69, 9.17) is 15.6 Å². The van der Waals surface area contributed by atoms with Gasteiger partial charge >= 0.3 is 5.97 Å². The van der Waals surface area contributed by atoms with Gasteiger partial charge in [-0.1, -0.05) is 60.7 Å². The molecule has 1 unspecified atom stereocenters. The zero-order valence-corrected chi connectivity index (χ0v) is 16.5. The van der Waals surface area contributed by atoms with E-state index in [1.807, 2.05) is 48.5 Å². The van der Waals surface area contributed by atoms with Crippen molar-refractivity contribution >= 4 is 17.7 Å². The second-order valence-electron chi connectivity index (χ2n) is 6.39. The number of aliphatic carboxylic acids is 1. The third-order valence-corrected chi connectivity index (χ3v) is 5.60. The molecule has 3 rings (SSSR count). The summed E-state index contributed by atoms with van der Waals surface area (Å²) in [6.45, 7) is 0. The maximum Gasteiger partial charge on any atom is 0.321 e. The summed E-state index contributed by atoms with van der Waals surface area (Å²) in [6.07, 6.45) is 0. The normalized spacial score (nSPS) is 11.8. The van der Waals surface area contributed by atoms with Crippen LogP contribution in [0.15, 0.2) is 72.8 Å². The van der Waals surface area contributed by atoms with Gasteiger partial charge < -0.3 is 15.6 Å². The molecule has 0 spiro atoms. The van der Waals surface area contributed by atoms with E-state index in [-0.39, 0.29) is 0 Å². The third-order valence-electron chi connectivity index (χ3n) is 4.49. The van der Waals surface area contributed by atoms with Gasteiger partial charge in [-0.15, -0.1) is 0 Å². The highest BCUT2D eigenvalue weighted by Crippen LogP contribution is 2.37. The first-order valence-electron chi connectivity index (χ1n) is 8.98. The van der Waals surface area contributed by atoms with E-state index in [2.05, 4.69) is 24.3 Å². The highest BCUT2D eigenvalue weighted by Gasteiger charge is 2.15. The first kappa shape index (κ1) is 20.0. The van der Waals surface area contributed by atoms with Gasteiger partial charge in [0.25, 0.3) is 0 Å². The van der Waals surface area contributed by atoms with Gasteiger partial charge in [0.1, 0.15) is 11.8 Å². The van der Waals surface area contributed by atoms with E-state index < -0.39 is 12.0 Å². The molecule has 5 heteroatoms. The fourth-order valence-corrected chi connectivity index (χ4v) is 4.00. The van der Waals surface area contributed by atoms with Crippen molar-refractivity contribution in [3.05, 3.63) is 78.4 Å². The number of hydrogen-bond donors (Lipinski definition) is 2. The second-order valence-corrected chi connectivity index (χ2v) is 7.42. The molecule has 144 valence electrons. The Kier molecular flexibility index (Phi) is 6.74. The number of methoxy groups -OCH3 is 1. The van der Waals surface area contributed by atoms with Gasteiger partial charge in [-0.2, -0.15) is 11.8 Å². The Bertz CT molecular complexity index is 944. The number of ether oxygens (including phenoxy) is 1. The molecule has 0 saturated heterocycles. The fourth-order valence-electron chi connectivity index (χ4n) is 3.01. The van der Waals surface area contributed by atoms with Gasteiger partial charge in [0, 0.05) is 11.5 Å². The highest BCUT2D eigenvalue weighted by atomic mass is 32.2. The molecular weight excluding hydrogens is 370 g/mol. The number of thioether (sulfide) groups is 1. The first-order valence-corrected chi connectivity index (χ1v) is 10.1. The zero-order valence-electron chi connectivity index (χ0n) is 15.7. The number of carboxylic acids is 1. The van der Waals surface area contributed by atoms with E-state index >= 15 is 0 Å². The van der Waals surface area contributed by atoms with Crippen molar-refractivity contribution in [1.29, 1.82) is 0 Å². The summed E-state index contributed by atoms with van der Waals surface area (Å²) >= 11 is 1.52. The van der Waals surface area contributed by atoms with Crippen LogP contribution >= 0.6 is 11.8 Å². The maximum atomic E-state index is 11.0. The molecule has 28 heavy (non-hydrogen) atoms. The average Bonchev–Trinajstić information content (AvgIpc) is 2.74. The number of benzene rings is 3. The van der Waals surface area contributed by atoms with Gasteiger partial charge in [-0.25, -0.2) is 0 Å². The van der Waals surface area contributed by atoms with Crippen molar-refractivity contribution in [1.82, 2.24) is 0 Å². The number of hydrogen-bond acceptors (Lipinski definition) is 4. The van der Waals surface area contributed by atoms with Crippen molar-refractivity contribution in [3.63, 3.8) is 0 Å². The Hall–Kier alpha value is -2.76. The van der Waals surface area contributed by atoms with Crippen molar-refractivity contribution in [2.24, 2.45) is 5.73 Å². The summed E-state index contributed by atoms with van der Waals surface area (Å²) in [6, 6.07) is 23.7. The highest BCUT2D eigenvalue weighted by molar-refractivity contribution is 7.98. The van der Waals surface area contributed by atoms with E-state index in [1.54, 1.807) is 7.11 Å². The molecule has 0 radical (unpaired) electrons. The SMILES string of the molecule is COc1ccc(CSCC(N)C(=O)O)c(-c2ccccc2-c2ccccc2)c1. The Morgan fingerprint density at radius 1 is 1.00 bits per heavy atom. The fraction of sp³-hybridized carbons (Fsp3) is 0.174. The van der Waals surface area contributed by atoms with E-state index in [0.717, 1.165) is 33.6 Å². The van der Waals surface area contributed by atoms with Crippen LogP contribution in [0.3, 0.4) is 0 Å². The summed E-state index contributed by atoms with van der Waals surface area (Å²) in [7, 11) is 1.66. The predicted octanol–water partition coefficient (Wildman–Crippen LogP) is 4.67. The largest absolute Gasteiger partial charge is 0.497 e. The topological polar surface area (TPSA) is 72.5 Å². The number of carbonyl (C=O) groups is 1. The molecule has 1 atom stereocenters. The minimum atomic E-state index is -0.975. The molecule has 0 saturated carbocycles. The third kappa shape index (κ3) is 4.74. The lowest BCUT2D eigenvalue weighted by molar-refractivity contribution is -0.137. The van der Waals surface area contributed by atoms with E-state index in [0.29, 0.717) is 11.5 Å². The minimum Gasteiger partial charge on any atom is -0.497 e. The summed E-state index contributed by atoms with van der Waals surface area (Å²) in [5.74, 6) is 0.843. The molecule has 0 aliphatic rings. The van der Waals surface area contributed by atoms with Crippen LogP contribution in [0.2, 0.25) is 0 Å². The van der Waals surface area contributed by atoms with Gasteiger partial charge in [0.15, 0.2) is 0 Å². The second kappa shape index (κ2) is 9.44. The predicted molar refractivity (Wildman–Crippen MR) is 116 cm³/mol. The number of nitrogens with two attached hydrogens (primary N) is 1. The monoisotopic (exact) mass is 393 g/mol. The lowest BCUT2D eigenvalue weighted by Gasteiger charge is -2.16. The first-order chi connectivity index (χ1) is 13.6. The molecule has 0 fully saturated rings. The van der Waals surface area contributed by atoms with E-state index in [9.17, 15) is 4.79 Å². The van der Waals surface area contributed by atoms with Crippen LogP contribution in [-0.2, 0) is 10.5 Å². The van der Waals surface area contributed by atoms with Crippen molar-refractivity contribution in [2.75, 3.05) is 12.9 Å². The molecule has 0 heterocycles. The van der Waals surface area contributed by atoms with Crippen LogP contribution in [-0.4, -0.2) is 30.0 Å². The maximum absolute atomic E-state index is 11.0. The van der Waals surface area contributed by atoms with E-state index in [1.165, 1.54) is 11.8 Å². The van der Waals surface area contributed by atoms with Crippen LogP contribution in [0.1, 0.15) is 5.56 Å². The quantitative estimate of drug-likeness (QED) is 0.582. The van der Waals surface area contributed by atoms with Crippen LogP contribution in [0.5, 0.6) is 5.75 Å². The molecule has 0 aromatic heterocycles.